The Morgan fingerprint density at radius 3 is 2.65 bits per heavy atom. The molecule has 12 heteroatoms. The number of hydrogen-bond acceptors (Lipinski definition) is 9. The fraction of sp³-hybridized carbons (Fsp3) is 0.613. The number of sulfonamides is 1. The first-order valence-electron chi connectivity index (χ1n) is 15.4. The average molecular weight is 612 g/mol. The standard InChI is InChI=1S/C31H45N7O4S/c1-30(2,3)15-8-17-32-23-14-18-37(29(23)40)25-13-12-22-27(35-25)38-20-21(19-31(38,4)5)9-7-16-33-24-10-6-11-26(34-24)43(41,42)36-28(22)39/h6,10-13,21,23,32H,7-9,14-20H2,1-5H3,(H,33,34)(H,36,39)/t21-,23?/m0/s1. The lowest BCUT2D eigenvalue weighted by Gasteiger charge is -2.34. The molecule has 0 spiro atoms. The van der Waals surface area contributed by atoms with Crippen LogP contribution in [0.1, 0.15) is 83.5 Å². The normalized spacial score (nSPS) is 23.7. The summed E-state index contributed by atoms with van der Waals surface area (Å²) in [7, 11) is -4.25. The summed E-state index contributed by atoms with van der Waals surface area (Å²) in [6.07, 6.45) is 5.47. The molecular formula is C31H45N7O4S. The molecule has 2 atom stereocenters. The van der Waals surface area contributed by atoms with Gasteiger partial charge in [-0.15, -0.1) is 0 Å². The second kappa shape index (κ2) is 12.0. The molecule has 2 fully saturated rings. The summed E-state index contributed by atoms with van der Waals surface area (Å²) in [6, 6.07) is 7.63. The lowest BCUT2D eigenvalue weighted by atomic mass is 9.90. The Balaban J connectivity index is 1.45. The molecule has 1 unspecified atom stereocenters. The SMILES string of the molecule is CC(C)(C)CCCNC1CCN(c2ccc3c(n2)N2C[C@@H](CCCNc4cccc(n4)S(=O)(=O)NC3=O)CC2(C)C)C1=O. The van der Waals surface area contributed by atoms with E-state index in [9.17, 15) is 18.0 Å². The summed E-state index contributed by atoms with van der Waals surface area (Å²) in [4.78, 5) is 40.0. The summed E-state index contributed by atoms with van der Waals surface area (Å²) < 4.78 is 28.6. The van der Waals surface area contributed by atoms with Gasteiger partial charge >= 0.3 is 0 Å². The van der Waals surface area contributed by atoms with E-state index in [1.54, 1.807) is 29.2 Å². The highest BCUT2D eigenvalue weighted by Gasteiger charge is 2.41. The summed E-state index contributed by atoms with van der Waals surface area (Å²) >= 11 is 0. The number of aromatic nitrogens is 2. The van der Waals surface area contributed by atoms with Crippen molar-refractivity contribution in [3.8, 4) is 0 Å². The topological polar surface area (TPSA) is 137 Å². The highest BCUT2D eigenvalue weighted by Crippen LogP contribution is 2.40. The van der Waals surface area contributed by atoms with Crippen molar-refractivity contribution in [2.45, 2.75) is 89.8 Å². The first-order chi connectivity index (χ1) is 20.2. The van der Waals surface area contributed by atoms with Gasteiger partial charge in [-0.2, -0.15) is 8.42 Å². The molecule has 43 heavy (non-hydrogen) atoms. The molecule has 2 saturated heterocycles. The van der Waals surface area contributed by atoms with Gasteiger partial charge in [0.05, 0.1) is 11.6 Å². The highest BCUT2D eigenvalue weighted by atomic mass is 32.2. The number of anilines is 3. The van der Waals surface area contributed by atoms with Crippen LogP contribution < -0.4 is 25.2 Å². The molecule has 5 heterocycles. The van der Waals surface area contributed by atoms with Gasteiger partial charge < -0.3 is 15.5 Å². The number of fused-ring (bicyclic) bond motifs is 6. The van der Waals surface area contributed by atoms with E-state index in [4.69, 9.17) is 4.98 Å². The summed E-state index contributed by atoms with van der Waals surface area (Å²) in [5.41, 5.74) is 0.0674. The van der Waals surface area contributed by atoms with Gasteiger partial charge in [-0.3, -0.25) is 14.5 Å². The van der Waals surface area contributed by atoms with Gasteiger partial charge in [0.1, 0.15) is 17.5 Å². The second-order valence-corrected chi connectivity index (χ2v) is 15.5. The molecule has 0 radical (unpaired) electrons. The Hall–Kier alpha value is -3.25. The van der Waals surface area contributed by atoms with Crippen molar-refractivity contribution in [2.24, 2.45) is 11.3 Å². The Bertz CT molecular complexity index is 1470. The van der Waals surface area contributed by atoms with E-state index in [2.05, 4.69) is 59.9 Å². The molecule has 5 rings (SSSR count). The minimum absolute atomic E-state index is 0.0376. The zero-order chi connectivity index (χ0) is 31.0. The first-order valence-corrected chi connectivity index (χ1v) is 16.8. The molecule has 3 aliphatic heterocycles. The van der Waals surface area contributed by atoms with Crippen LogP contribution in [-0.4, -0.2) is 68.0 Å². The first kappa shape index (κ1) is 31.2. The Morgan fingerprint density at radius 2 is 1.88 bits per heavy atom. The number of carbonyl (C=O) groups excluding carboxylic acids is 2. The van der Waals surface area contributed by atoms with Gasteiger partial charge in [0.25, 0.3) is 15.9 Å². The van der Waals surface area contributed by atoms with E-state index < -0.39 is 15.9 Å². The van der Waals surface area contributed by atoms with Crippen LogP contribution in [0.3, 0.4) is 0 Å². The molecule has 0 aromatic carbocycles. The van der Waals surface area contributed by atoms with E-state index in [1.807, 2.05) is 0 Å². The predicted molar refractivity (Wildman–Crippen MR) is 168 cm³/mol. The van der Waals surface area contributed by atoms with Crippen LogP contribution in [0.25, 0.3) is 0 Å². The van der Waals surface area contributed by atoms with Crippen molar-refractivity contribution in [2.75, 3.05) is 41.3 Å². The van der Waals surface area contributed by atoms with Crippen LogP contribution in [0.2, 0.25) is 0 Å². The maximum atomic E-state index is 13.6. The van der Waals surface area contributed by atoms with E-state index in [1.165, 1.54) is 6.07 Å². The van der Waals surface area contributed by atoms with Crippen LogP contribution in [0.5, 0.6) is 0 Å². The van der Waals surface area contributed by atoms with Gasteiger partial charge in [-0.1, -0.05) is 26.8 Å². The van der Waals surface area contributed by atoms with Crippen molar-refractivity contribution in [3.63, 3.8) is 0 Å². The van der Waals surface area contributed by atoms with Crippen LogP contribution in [0.4, 0.5) is 17.5 Å². The van der Waals surface area contributed by atoms with Crippen molar-refractivity contribution in [3.05, 3.63) is 35.9 Å². The minimum atomic E-state index is -4.25. The van der Waals surface area contributed by atoms with Gasteiger partial charge in [0.15, 0.2) is 5.03 Å². The van der Waals surface area contributed by atoms with Crippen molar-refractivity contribution in [1.29, 1.82) is 0 Å². The molecule has 3 aliphatic rings. The number of hydrogen-bond donors (Lipinski definition) is 3. The number of pyridine rings is 2. The smallest absolute Gasteiger partial charge is 0.281 e. The van der Waals surface area contributed by atoms with E-state index in [0.717, 1.165) is 38.6 Å². The lowest BCUT2D eigenvalue weighted by Crippen LogP contribution is -2.42. The molecule has 0 saturated carbocycles. The van der Waals surface area contributed by atoms with Crippen LogP contribution in [0.15, 0.2) is 35.4 Å². The molecule has 2 amide bonds. The van der Waals surface area contributed by atoms with Gasteiger partial charge in [-0.25, -0.2) is 14.7 Å². The molecule has 0 aliphatic carbocycles. The van der Waals surface area contributed by atoms with E-state index in [-0.39, 0.29) is 33.5 Å². The molecule has 3 N–H and O–H groups in total. The average Bonchev–Trinajstić information content (AvgIpc) is 3.45. The monoisotopic (exact) mass is 611 g/mol. The Morgan fingerprint density at radius 1 is 1.09 bits per heavy atom. The second-order valence-electron chi connectivity index (χ2n) is 13.8. The third kappa shape index (κ3) is 7.12. The number of nitrogens with one attached hydrogen (secondary N) is 3. The highest BCUT2D eigenvalue weighted by molar-refractivity contribution is 7.90. The lowest BCUT2D eigenvalue weighted by molar-refractivity contribution is -0.118. The summed E-state index contributed by atoms with van der Waals surface area (Å²) in [6.45, 7) is 13.5. The number of nitrogens with zero attached hydrogens (tertiary/aromatic N) is 4. The van der Waals surface area contributed by atoms with Gasteiger partial charge in [0.2, 0.25) is 5.91 Å². The maximum Gasteiger partial charge on any atom is 0.281 e. The maximum absolute atomic E-state index is 13.6. The molecule has 11 nitrogen and oxygen atoms in total. The van der Waals surface area contributed by atoms with Crippen molar-refractivity contribution in [1.82, 2.24) is 20.0 Å². The largest absolute Gasteiger partial charge is 0.370 e. The fourth-order valence-corrected chi connectivity index (χ4v) is 7.35. The third-order valence-electron chi connectivity index (χ3n) is 8.62. The zero-order valence-electron chi connectivity index (χ0n) is 25.9. The molecular weight excluding hydrogens is 566 g/mol. The predicted octanol–water partition coefficient (Wildman–Crippen LogP) is 3.93. The van der Waals surface area contributed by atoms with Crippen molar-refractivity contribution < 1.29 is 18.0 Å². The van der Waals surface area contributed by atoms with Crippen molar-refractivity contribution >= 4 is 39.3 Å². The quantitative estimate of drug-likeness (QED) is 0.430. The fourth-order valence-electron chi connectivity index (χ4n) is 6.42. The third-order valence-corrected chi connectivity index (χ3v) is 9.85. The molecule has 4 bridgehead atoms. The summed E-state index contributed by atoms with van der Waals surface area (Å²) in [5, 5.41) is 6.39. The Kier molecular flexibility index (Phi) is 8.72. The van der Waals surface area contributed by atoms with E-state index >= 15 is 0 Å². The summed E-state index contributed by atoms with van der Waals surface area (Å²) in [5.74, 6) is 0.846. The number of rotatable bonds is 5. The van der Waals surface area contributed by atoms with Gasteiger partial charge in [-0.05, 0) is 94.5 Å². The molecule has 234 valence electrons. The number of carbonyl (C=O) groups is 2. The van der Waals surface area contributed by atoms with Crippen LogP contribution in [-0.2, 0) is 14.8 Å². The van der Waals surface area contributed by atoms with Gasteiger partial charge in [0, 0.05) is 25.2 Å². The van der Waals surface area contributed by atoms with Crippen LogP contribution in [0, 0.1) is 11.3 Å². The zero-order valence-corrected chi connectivity index (χ0v) is 26.8. The minimum Gasteiger partial charge on any atom is -0.370 e. The molecule has 2 aromatic rings. The molecule has 2 aromatic heterocycles. The Labute approximate surface area is 255 Å². The van der Waals surface area contributed by atoms with Crippen LogP contribution >= 0.6 is 0 Å². The number of amides is 2. The van der Waals surface area contributed by atoms with E-state index in [0.29, 0.717) is 49.4 Å².